The molecule has 1 N–H and O–H groups in total. The number of aromatic nitrogens is 5. The van der Waals surface area contributed by atoms with Crippen LogP contribution in [0.15, 0.2) is 70.1 Å². The molecule has 0 saturated heterocycles. The normalized spacial score (nSPS) is 12.5. The van der Waals surface area contributed by atoms with Gasteiger partial charge in [-0.25, -0.2) is 9.07 Å². The van der Waals surface area contributed by atoms with Crippen LogP contribution in [0.5, 0.6) is 0 Å². The highest BCUT2D eigenvalue weighted by atomic mass is 19.1. The van der Waals surface area contributed by atoms with Crippen LogP contribution in [0.2, 0.25) is 0 Å². The minimum absolute atomic E-state index is 0.119. The van der Waals surface area contributed by atoms with Gasteiger partial charge in [0.05, 0.1) is 30.9 Å². The fraction of sp³-hybridized carbons (Fsp3) is 0.286. The van der Waals surface area contributed by atoms with Crippen LogP contribution in [0.3, 0.4) is 0 Å². The lowest BCUT2D eigenvalue weighted by Crippen LogP contribution is -2.32. The Balaban J connectivity index is 1.52. The third-order valence-corrected chi connectivity index (χ3v) is 6.76. The second-order valence-electron chi connectivity index (χ2n) is 9.34. The second-order valence-corrected chi connectivity index (χ2v) is 9.34. The van der Waals surface area contributed by atoms with E-state index in [1.807, 2.05) is 38.1 Å². The van der Waals surface area contributed by atoms with Gasteiger partial charge in [0.2, 0.25) is 0 Å². The molecule has 0 aliphatic carbocycles. The Kier molecular flexibility index (Phi) is 6.96. The Morgan fingerprint density at radius 2 is 1.86 bits per heavy atom. The first-order valence-corrected chi connectivity index (χ1v) is 12.3. The predicted molar refractivity (Wildman–Crippen MR) is 138 cm³/mol. The van der Waals surface area contributed by atoms with Gasteiger partial charge in [-0.1, -0.05) is 31.2 Å². The number of H-pyrrole nitrogens is 1. The van der Waals surface area contributed by atoms with E-state index >= 15 is 0 Å². The molecule has 8 nitrogen and oxygen atoms in total. The smallest absolute Gasteiger partial charge is 0.252 e. The number of rotatable bonds is 9. The van der Waals surface area contributed by atoms with Gasteiger partial charge >= 0.3 is 0 Å². The van der Waals surface area contributed by atoms with E-state index in [2.05, 4.69) is 38.4 Å². The molecule has 0 spiro atoms. The summed E-state index contributed by atoms with van der Waals surface area (Å²) >= 11 is 0. The number of halogens is 1. The van der Waals surface area contributed by atoms with E-state index in [4.69, 9.17) is 4.42 Å². The molecule has 5 aromatic rings. The largest absolute Gasteiger partial charge is 0.468 e. The van der Waals surface area contributed by atoms with E-state index in [0.717, 1.165) is 33.4 Å². The molecule has 2 aromatic carbocycles. The van der Waals surface area contributed by atoms with E-state index in [-0.39, 0.29) is 17.4 Å². The number of benzene rings is 2. The topological polar surface area (TPSA) is 92.8 Å². The summed E-state index contributed by atoms with van der Waals surface area (Å²) < 4.78 is 20.8. The van der Waals surface area contributed by atoms with Gasteiger partial charge in [-0.2, -0.15) is 0 Å². The number of pyridine rings is 1. The minimum Gasteiger partial charge on any atom is -0.468 e. The van der Waals surface area contributed by atoms with Crippen LogP contribution in [-0.4, -0.2) is 30.1 Å². The zero-order valence-electron chi connectivity index (χ0n) is 21.1. The van der Waals surface area contributed by atoms with Crippen molar-refractivity contribution in [2.45, 2.75) is 52.9 Å². The number of hydrogen-bond donors (Lipinski definition) is 1. The molecule has 1 atom stereocenters. The molecule has 5 rings (SSSR count). The predicted octanol–water partition coefficient (Wildman–Crippen LogP) is 5.07. The molecule has 0 aliphatic heterocycles. The molecular weight excluding hydrogens is 471 g/mol. The monoisotopic (exact) mass is 500 g/mol. The lowest BCUT2D eigenvalue weighted by molar-refractivity contribution is 0.149. The first-order chi connectivity index (χ1) is 17.9. The number of tetrazole rings is 1. The summed E-state index contributed by atoms with van der Waals surface area (Å²) in [4.78, 5) is 18.4. The molecule has 0 fully saturated rings. The zero-order valence-corrected chi connectivity index (χ0v) is 21.1. The highest BCUT2D eigenvalue weighted by Crippen LogP contribution is 2.28. The average Bonchev–Trinajstić information content (AvgIpc) is 3.57. The summed E-state index contributed by atoms with van der Waals surface area (Å²) in [5.41, 5.74) is 4.42. The molecule has 37 heavy (non-hydrogen) atoms. The van der Waals surface area contributed by atoms with Gasteiger partial charge in [0.15, 0.2) is 5.82 Å². The highest BCUT2D eigenvalue weighted by molar-refractivity contribution is 5.85. The third-order valence-electron chi connectivity index (χ3n) is 6.76. The third kappa shape index (κ3) is 5.22. The maximum atomic E-state index is 13.4. The van der Waals surface area contributed by atoms with E-state index in [1.54, 1.807) is 23.1 Å². The van der Waals surface area contributed by atoms with Crippen LogP contribution >= 0.6 is 0 Å². The standard InChI is InChI=1S/C28H29FN6O2/c1-4-25(27-31-32-33-35(27)15-20-9-11-22(29)12-10-20)34(17-23-6-5-13-37-23)16-21-14-24-18(2)7-8-19(3)26(24)30-28(21)36/h5-14,25H,4,15-17H2,1-3H3,(H,30,36). The quantitative estimate of drug-likeness (QED) is 0.304. The van der Waals surface area contributed by atoms with Crippen LogP contribution in [-0.2, 0) is 19.6 Å². The molecule has 0 radical (unpaired) electrons. The number of aromatic amines is 1. The molecule has 0 saturated carbocycles. The van der Waals surface area contributed by atoms with Gasteiger partial charge in [-0.05, 0) is 77.7 Å². The average molecular weight is 501 g/mol. The van der Waals surface area contributed by atoms with E-state index in [9.17, 15) is 9.18 Å². The summed E-state index contributed by atoms with van der Waals surface area (Å²) in [5.74, 6) is 1.16. The lowest BCUT2D eigenvalue weighted by atomic mass is 10.0. The van der Waals surface area contributed by atoms with Crippen LogP contribution in [0, 0.1) is 19.7 Å². The number of fused-ring (bicyclic) bond motifs is 1. The number of aryl methyl sites for hydroxylation is 2. The van der Waals surface area contributed by atoms with Crippen LogP contribution in [0.1, 0.15) is 53.2 Å². The Hall–Kier alpha value is -4.11. The molecule has 9 heteroatoms. The van der Waals surface area contributed by atoms with Crippen molar-refractivity contribution in [3.05, 3.63) is 111 Å². The molecule has 0 bridgehead atoms. The van der Waals surface area contributed by atoms with Crippen molar-refractivity contribution in [3.63, 3.8) is 0 Å². The molecule has 190 valence electrons. The van der Waals surface area contributed by atoms with Crippen molar-refractivity contribution in [2.75, 3.05) is 0 Å². The zero-order chi connectivity index (χ0) is 25.9. The minimum atomic E-state index is -0.289. The van der Waals surface area contributed by atoms with Crippen molar-refractivity contribution in [3.8, 4) is 0 Å². The fourth-order valence-electron chi connectivity index (χ4n) is 4.76. The van der Waals surface area contributed by atoms with Gasteiger partial charge in [0.1, 0.15) is 11.6 Å². The van der Waals surface area contributed by atoms with Gasteiger partial charge in [0, 0.05) is 17.5 Å². The fourth-order valence-corrected chi connectivity index (χ4v) is 4.76. The highest BCUT2D eigenvalue weighted by Gasteiger charge is 2.27. The van der Waals surface area contributed by atoms with Gasteiger partial charge in [0.25, 0.3) is 5.56 Å². The number of hydrogen-bond acceptors (Lipinski definition) is 6. The molecule has 1 unspecified atom stereocenters. The Bertz CT molecular complexity index is 1560. The molecular formula is C28H29FN6O2. The Morgan fingerprint density at radius 1 is 1.08 bits per heavy atom. The van der Waals surface area contributed by atoms with Crippen LogP contribution in [0.4, 0.5) is 4.39 Å². The van der Waals surface area contributed by atoms with E-state index in [0.29, 0.717) is 37.4 Å². The van der Waals surface area contributed by atoms with Crippen molar-refractivity contribution in [1.82, 2.24) is 30.1 Å². The maximum absolute atomic E-state index is 13.4. The Labute approximate surface area is 213 Å². The number of furan rings is 1. The van der Waals surface area contributed by atoms with Crippen molar-refractivity contribution < 1.29 is 8.81 Å². The summed E-state index contributed by atoms with van der Waals surface area (Å²) in [6.45, 7) is 7.36. The molecule has 0 amide bonds. The van der Waals surface area contributed by atoms with Crippen molar-refractivity contribution in [1.29, 1.82) is 0 Å². The first-order valence-electron chi connectivity index (χ1n) is 12.3. The summed E-state index contributed by atoms with van der Waals surface area (Å²) in [7, 11) is 0. The maximum Gasteiger partial charge on any atom is 0.252 e. The molecule has 0 aliphatic rings. The van der Waals surface area contributed by atoms with E-state index < -0.39 is 0 Å². The SMILES string of the molecule is CCC(c1nnnn1Cc1ccc(F)cc1)N(Cc1ccco1)Cc1cc2c(C)ccc(C)c2[nH]c1=O. The first kappa shape index (κ1) is 24.6. The Morgan fingerprint density at radius 3 is 2.59 bits per heavy atom. The van der Waals surface area contributed by atoms with Crippen molar-refractivity contribution >= 4 is 10.9 Å². The van der Waals surface area contributed by atoms with Gasteiger partial charge in [-0.15, -0.1) is 5.10 Å². The second kappa shape index (κ2) is 10.5. The summed E-state index contributed by atoms with van der Waals surface area (Å²) in [6, 6.07) is 15.9. The summed E-state index contributed by atoms with van der Waals surface area (Å²) in [5, 5.41) is 13.5. The van der Waals surface area contributed by atoms with E-state index in [1.165, 1.54) is 12.1 Å². The number of nitrogens with zero attached hydrogens (tertiary/aromatic N) is 5. The van der Waals surface area contributed by atoms with Gasteiger partial charge < -0.3 is 9.40 Å². The van der Waals surface area contributed by atoms with Crippen LogP contribution in [0.25, 0.3) is 10.9 Å². The number of nitrogens with one attached hydrogen (secondary N) is 1. The summed E-state index contributed by atoms with van der Waals surface area (Å²) in [6.07, 6.45) is 2.34. The van der Waals surface area contributed by atoms with Gasteiger partial charge in [-0.3, -0.25) is 9.69 Å². The molecule has 3 heterocycles. The van der Waals surface area contributed by atoms with Crippen molar-refractivity contribution in [2.24, 2.45) is 0 Å². The molecule has 3 aromatic heterocycles. The lowest BCUT2D eigenvalue weighted by Gasteiger charge is -2.29. The van der Waals surface area contributed by atoms with Crippen LogP contribution < -0.4 is 5.56 Å².